The molecule has 0 bridgehead atoms. The van der Waals surface area contributed by atoms with Gasteiger partial charge in [-0.15, -0.1) is 0 Å². The normalized spacial score (nSPS) is 5.33. The molecular formula is C2H2NiO3. The first kappa shape index (κ1) is 9.16. The third-order valence-electron chi connectivity index (χ3n) is 0.101. The van der Waals surface area contributed by atoms with Crippen LogP contribution in [0.2, 0.25) is 0 Å². The van der Waals surface area contributed by atoms with E-state index < -0.39 is 5.97 Å². The Morgan fingerprint density at radius 3 is 1.83 bits per heavy atom. The van der Waals surface area contributed by atoms with Crippen LogP contribution in [0.1, 0.15) is 0 Å². The molecule has 1 N–H and O–H groups in total. The Bertz CT molecular complexity index is 59.8. The van der Waals surface area contributed by atoms with Crippen molar-refractivity contribution in [2.45, 2.75) is 0 Å². The molecule has 0 aromatic carbocycles. The van der Waals surface area contributed by atoms with Gasteiger partial charge in [-0.25, -0.2) is 4.79 Å². The van der Waals surface area contributed by atoms with Crippen LogP contribution in [0.25, 0.3) is 0 Å². The van der Waals surface area contributed by atoms with E-state index in [0.29, 0.717) is 0 Å². The van der Waals surface area contributed by atoms with Crippen molar-refractivity contribution in [2.24, 2.45) is 0 Å². The number of aldehydes is 1. The summed E-state index contributed by atoms with van der Waals surface area (Å²) < 4.78 is 0. The van der Waals surface area contributed by atoms with Gasteiger partial charge in [-0.3, -0.25) is 4.79 Å². The first-order chi connectivity index (χ1) is 2.27. The van der Waals surface area contributed by atoms with Crippen LogP contribution in [0.3, 0.4) is 0 Å². The minimum absolute atomic E-state index is 0. The molecule has 0 aliphatic rings. The van der Waals surface area contributed by atoms with Crippen molar-refractivity contribution in [1.82, 2.24) is 0 Å². The number of hydrogen-bond donors (Lipinski definition) is 1. The van der Waals surface area contributed by atoms with Gasteiger partial charge >= 0.3 is 5.97 Å². The molecule has 0 aliphatic carbocycles. The first-order valence-corrected chi connectivity index (χ1v) is 0.952. The average Bonchev–Trinajstić information content (AvgIpc) is 1.38. The zero-order valence-electron chi connectivity index (χ0n) is 2.66. The third kappa shape index (κ3) is 9.44. The molecule has 0 radical (unpaired) electrons. The molecule has 0 amide bonds. The van der Waals surface area contributed by atoms with Crippen molar-refractivity contribution in [3.05, 3.63) is 0 Å². The van der Waals surface area contributed by atoms with Crippen LogP contribution in [0.5, 0.6) is 0 Å². The predicted molar refractivity (Wildman–Crippen MR) is 13.7 cm³/mol. The number of carboxylic acids is 1. The van der Waals surface area contributed by atoms with E-state index in [2.05, 4.69) is 0 Å². The minimum atomic E-state index is -1.43. The SMILES string of the molecule is O=CC(=O)O.[Ni]. The molecule has 3 nitrogen and oxygen atoms in total. The Labute approximate surface area is 44.3 Å². The molecular weight excluding hydrogens is 131 g/mol. The van der Waals surface area contributed by atoms with E-state index in [1.165, 1.54) is 0 Å². The number of carbonyl (C=O) groups is 2. The van der Waals surface area contributed by atoms with Gasteiger partial charge in [0.1, 0.15) is 0 Å². The number of aliphatic carboxylic acids is 1. The van der Waals surface area contributed by atoms with Gasteiger partial charge in [-0.2, -0.15) is 0 Å². The van der Waals surface area contributed by atoms with Gasteiger partial charge < -0.3 is 5.11 Å². The maximum Gasteiger partial charge on any atom is 0.368 e. The average molecular weight is 133 g/mol. The number of carbonyl (C=O) groups excluding carboxylic acids is 1. The number of rotatable bonds is 1. The van der Waals surface area contributed by atoms with Gasteiger partial charge in [-0.1, -0.05) is 0 Å². The summed E-state index contributed by atoms with van der Waals surface area (Å²) in [5, 5.41) is 7.35. The zero-order chi connectivity index (χ0) is 4.28. The Morgan fingerprint density at radius 2 is 1.83 bits per heavy atom. The molecule has 0 unspecified atom stereocenters. The Kier molecular flexibility index (Phi) is 7.07. The fraction of sp³-hybridized carbons (Fsp3) is 0. The molecule has 0 fully saturated rings. The summed E-state index contributed by atoms with van der Waals surface area (Å²) in [4.78, 5) is 17.9. The smallest absolute Gasteiger partial charge is 0.368 e. The number of hydrogen-bond acceptors (Lipinski definition) is 2. The quantitative estimate of drug-likeness (QED) is 0.291. The largest absolute Gasteiger partial charge is 0.476 e. The van der Waals surface area contributed by atoms with Gasteiger partial charge in [0.15, 0.2) is 0 Å². The van der Waals surface area contributed by atoms with E-state index in [1.807, 2.05) is 0 Å². The van der Waals surface area contributed by atoms with E-state index in [0.717, 1.165) is 0 Å². The van der Waals surface area contributed by atoms with Crippen molar-refractivity contribution in [3.8, 4) is 0 Å². The standard InChI is InChI=1S/C2H2O3.Ni/c3-1-2(4)5;/h1H,(H,4,5);. The van der Waals surface area contributed by atoms with E-state index >= 15 is 0 Å². The van der Waals surface area contributed by atoms with Crippen LogP contribution in [-0.2, 0) is 26.1 Å². The van der Waals surface area contributed by atoms with E-state index in [4.69, 9.17) is 14.7 Å². The molecule has 0 aromatic rings. The van der Waals surface area contributed by atoms with Gasteiger partial charge in [-0.05, 0) is 0 Å². The fourth-order valence-corrected chi connectivity index (χ4v) is 0. The fourth-order valence-electron chi connectivity index (χ4n) is 0. The summed E-state index contributed by atoms with van der Waals surface area (Å²) in [5.41, 5.74) is 0. The van der Waals surface area contributed by atoms with Crippen LogP contribution in [-0.4, -0.2) is 17.4 Å². The number of carboxylic acid groups (broad SMARTS) is 1. The first-order valence-electron chi connectivity index (χ1n) is 0.952. The summed E-state index contributed by atoms with van der Waals surface area (Å²) >= 11 is 0. The van der Waals surface area contributed by atoms with Gasteiger partial charge in [0.2, 0.25) is 6.29 Å². The maximum atomic E-state index is 9.00. The molecule has 0 saturated heterocycles. The van der Waals surface area contributed by atoms with Crippen LogP contribution in [0.15, 0.2) is 0 Å². The second kappa shape index (κ2) is 4.63. The van der Waals surface area contributed by atoms with Gasteiger partial charge in [0, 0.05) is 16.5 Å². The molecule has 0 aromatic heterocycles. The van der Waals surface area contributed by atoms with Crippen LogP contribution < -0.4 is 0 Å². The minimum Gasteiger partial charge on any atom is -0.476 e. The van der Waals surface area contributed by atoms with E-state index in [9.17, 15) is 0 Å². The summed E-state index contributed by atoms with van der Waals surface area (Å²) in [6.07, 6.45) is -0.167. The van der Waals surface area contributed by atoms with E-state index in [1.54, 1.807) is 0 Å². The van der Waals surface area contributed by atoms with Crippen LogP contribution >= 0.6 is 0 Å². The molecule has 0 aliphatic heterocycles. The third-order valence-corrected chi connectivity index (χ3v) is 0.101. The molecule has 0 rings (SSSR count). The molecule has 0 saturated carbocycles. The summed E-state index contributed by atoms with van der Waals surface area (Å²) in [6.45, 7) is 0. The Hall–Kier alpha value is -0.366. The Balaban J connectivity index is 0. The Morgan fingerprint density at radius 1 is 1.67 bits per heavy atom. The zero-order valence-corrected chi connectivity index (χ0v) is 3.64. The topological polar surface area (TPSA) is 54.4 Å². The molecule has 38 valence electrons. The van der Waals surface area contributed by atoms with E-state index in [-0.39, 0.29) is 22.8 Å². The second-order valence-corrected chi connectivity index (χ2v) is 0.456. The van der Waals surface area contributed by atoms with Crippen LogP contribution in [0, 0.1) is 0 Å². The van der Waals surface area contributed by atoms with Crippen molar-refractivity contribution in [2.75, 3.05) is 0 Å². The second-order valence-electron chi connectivity index (χ2n) is 0.456. The van der Waals surface area contributed by atoms with Crippen molar-refractivity contribution in [1.29, 1.82) is 0 Å². The molecule has 6 heavy (non-hydrogen) atoms. The summed E-state index contributed by atoms with van der Waals surface area (Å²) in [5.74, 6) is -1.43. The van der Waals surface area contributed by atoms with Gasteiger partial charge in [0.25, 0.3) is 0 Å². The maximum absolute atomic E-state index is 9.00. The monoisotopic (exact) mass is 132 g/mol. The summed E-state index contributed by atoms with van der Waals surface area (Å²) in [6, 6.07) is 0. The molecule has 0 spiro atoms. The molecule has 0 atom stereocenters. The van der Waals surface area contributed by atoms with Crippen molar-refractivity contribution >= 4 is 12.3 Å². The van der Waals surface area contributed by atoms with Crippen LogP contribution in [0.4, 0.5) is 0 Å². The summed E-state index contributed by atoms with van der Waals surface area (Å²) in [7, 11) is 0. The molecule has 0 heterocycles. The molecule has 4 heteroatoms. The van der Waals surface area contributed by atoms with Crippen molar-refractivity contribution < 1.29 is 31.2 Å². The van der Waals surface area contributed by atoms with Gasteiger partial charge in [0.05, 0.1) is 0 Å². The van der Waals surface area contributed by atoms with Crippen molar-refractivity contribution in [3.63, 3.8) is 0 Å². The predicted octanol–water partition coefficient (Wildman–Crippen LogP) is -0.733.